The van der Waals surface area contributed by atoms with Crippen LogP contribution in [-0.4, -0.2) is 12.3 Å². The molecule has 0 aliphatic carbocycles. The summed E-state index contributed by atoms with van der Waals surface area (Å²) in [6, 6.07) is 6.66. The van der Waals surface area contributed by atoms with Crippen molar-refractivity contribution in [1.29, 1.82) is 0 Å². The summed E-state index contributed by atoms with van der Waals surface area (Å²) in [5, 5.41) is 0.205. The van der Waals surface area contributed by atoms with Crippen LogP contribution >= 0.6 is 11.6 Å². The number of fused-ring (bicyclic) bond motifs is 1. The van der Waals surface area contributed by atoms with Gasteiger partial charge in [-0.15, -0.1) is 0 Å². The van der Waals surface area contributed by atoms with Crippen molar-refractivity contribution in [2.45, 2.75) is 19.2 Å². The van der Waals surface area contributed by atoms with Gasteiger partial charge in [-0.1, -0.05) is 17.7 Å². The van der Waals surface area contributed by atoms with Crippen LogP contribution in [0.3, 0.4) is 0 Å². The van der Waals surface area contributed by atoms with Gasteiger partial charge in [-0.2, -0.15) is 13.2 Å². The zero-order chi connectivity index (χ0) is 17.5. The molecule has 0 fully saturated rings. The fourth-order valence-corrected chi connectivity index (χ4v) is 2.46. The Hall–Kier alpha value is -2.21. The van der Waals surface area contributed by atoms with E-state index < -0.39 is 18.1 Å². The molecule has 0 radical (unpaired) electrons. The molecule has 0 unspecified atom stereocenters. The van der Waals surface area contributed by atoms with Crippen LogP contribution in [0.2, 0.25) is 5.02 Å². The van der Waals surface area contributed by atoms with E-state index in [-0.39, 0.29) is 16.5 Å². The zero-order valence-electron chi connectivity index (χ0n) is 12.3. The summed E-state index contributed by atoms with van der Waals surface area (Å²) >= 11 is 6.11. The quantitative estimate of drug-likeness (QED) is 0.621. The first-order chi connectivity index (χ1) is 11.2. The summed E-state index contributed by atoms with van der Waals surface area (Å²) in [5.74, 6) is 0.0650. The Morgan fingerprint density at radius 3 is 2.54 bits per heavy atom. The van der Waals surface area contributed by atoms with Crippen molar-refractivity contribution >= 4 is 17.7 Å². The van der Waals surface area contributed by atoms with Crippen LogP contribution in [0.15, 0.2) is 36.4 Å². The largest absolute Gasteiger partial charge is 0.476 e. The van der Waals surface area contributed by atoms with Crippen molar-refractivity contribution in [3.63, 3.8) is 0 Å². The van der Waals surface area contributed by atoms with Gasteiger partial charge in [0.15, 0.2) is 0 Å². The molecule has 0 N–H and O–H groups in total. The van der Waals surface area contributed by atoms with Gasteiger partial charge < -0.3 is 9.47 Å². The van der Waals surface area contributed by atoms with Gasteiger partial charge in [0.25, 0.3) is 0 Å². The average molecular weight is 359 g/mol. The lowest BCUT2D eigenvalue weighted by Crippen LogP contribution is -2.33. The highest BCUT2D eigenvalue weighted by Gasteiger charge is 2.41. The normalized spacial score (nSPS) is 16.5. The Kier molecular flexibility index (Phi) is 4.17. The maximum absolute atomic E-state index is 13.1. The summed E-state index contributed by atoms with van der Waals surface area (Å²) in [6.07, 6.45) is -4.31. The van der Waals surface area contributed by atoms with Crippen LogP contribution in [-0.2, 0) is 0 Å². The van der Waals surface area contributed by atoms with E-state index in [2.05, 4.69) is 0 Å². The SMILES string of the molecule is Cc1cc(F)ccc1Oc1cc2c(cc1Cl)C=C[C@@H](C(F)(F)F)O2. The van der Waals surface area contributed by atoms with Gasteiger partial charge in [-0.3, -0.25) is 0 Å². The number of halogens is 5. The summed E-state index contributed by atoms with van der Waals surface area (Å²) in [5.41, 5.74) is 0.946. The van der Waals surface area contributed by atoms with Crippen molar-refractivity contribution in [2.24, 2.45) is 0 Å². The number of benzene rings is 2. The van der Waals surface area contributed by atoms with E-state index in [1.807, 2.05) is 0 Å². The molecule has 2 aromatic carbocycles. The molecule has 7 heteroatoms. The average Bonchev–Trinajstić information content (AvgIpc) is 2.49. The molecule has 24 heavy (non-hydrogen) atoms. The van der Waals surface area contributed by atoms with Gasteiger partial charge in [0, 0.05) is 11.6 Å². The molecule has 1 heterocycles. The topological polar surface area (TPSA) is 18.5 Å². The molecule has 0 saturated carbocycles. The lowest BCUT2D eigenvalue weighted by Gasteiger charge is -2.24. The summed E-state index contributed by atoms with van der Waals surface area (Å²) in [6.45, 7) is 1.64. The first-order valence-electron chi connectivity index (χ1n) is 6.93. The van der Waals surface area contributed by atoms with E-state index in [0.29, 0.717) is 16.9 Å². The Labute approximate surface area is 140 Å². The third kappa shape index (κ3) is 3.33. The van der Waals surface area contributed by atoms with Crippen molar-refractivity contribution in [3.8, 4) is 17.2 Å². The minimum atomic E-state index is -4.51. The second-order valence-corrected chi connectivity index (χ2v) is 5.68. The van der Waals surface area contributed by atoms with Gasteiger partial charge in [-0.25, -0.2) is 4.39 Å². The van der Waals surface area contributed by atoms with E-state index in [1.165, 1.54) is 36.4 Å². The lowest BCUT2D eigenvalue weighted by atomic mass is 10.1. The highest BCUT2D eigenvalue weighted by atomic mass is 35.5. The third-order valence-electron chi connectivity index (χ3n) is 3.45. The van der Waals surface area contributed by atoms with Gasteiger partial charge in [-0.05, 0) is 42.8 Å². The molecular weight excluding hydrogens is 348 g/mol. The molecule has 3 rings (SSSR count). The summed E-state index contributed by atoms with van der Waals surface area (Å²) in [7, 11) is 0. The number of hydrogen-bond donors (Lipinski definition) is 0. The fraction of sp³-hybridized carbons (Fsp3) is 0.176. The molecule has 0 amide bonds. The second-order valence-electron chi connectivity index (χ2n) is 5.27. The smallest absolute Gasteiger partial charge is 0.429 e. The predicted octanol–water partition coefficient (Wildman–Crippen LogP) is 5.92. The van der Waals surface area contributed by atoms with Crippen molar-refractivity contribution < 1.29 is 27.0 Å². The second kappa shape index (κ2) is 6.02. The highest BCUT2D eigenvalue weighted by Crippen LogP contribution is 2.40. The van der Waals surface area contributed by atoms with Gasteiger partial charge in [0.1, 0.15) is 23.1 Å². The minimum Gasteiger partial charge on any atom is -0.476 e. The first kappa shape index (κ1) is 16.6. The predicted molar refractivity (Wildman–Crippen MR) is 82.2 cm³/mol. The van der Waals surface area contributed by atoms with Gasteiger partial charge in [0.05, 0.1) is 5.02 Å². The molecule has 0 spiro atoms. The van der Waals surface area contributed by atoms with Crippen molar-refractivity contribution in [3.05, 3.63) is 58.4 Å². The maximum Gasteiger partial charge on any atom is 0.429 e. The third-order valence-corrected chi connectivity index (χ3v) is 3.74. The molecule has 0 aromatic heterocycles. The van der Waals surface area contributed by atoms with Crippen LogP contribution in [0.5, 0.6) is 17.2 Å². The fourth-order valence-electron chi connectivity index (χ4n) is 2.25. The standard InChI is InChI=1S/C17H11ClF4O2/c1-9-6-11(19)3-4-13(9)23-15-8-14-10(7-12(15)18)2-5-16(24-14)17(20,21)22/h2-8,16H,1H3/t16-/m0/s1. The molecular formula is C17H11ClF4O2. The van der Waals surface area contributed by atoms with Gasteiger partial charge >= 0.3 is 6.18 Å². The van der Waals surface area contributed by atoms with Gasteiger partial charge in [0.2, 0.25) is 6.10 Å². The van der Waals surface area contributed by atoms with Crippen LogP contribution in [0.4, 0.5) is 17.6 Å². The Morgan fingerprint density at radius 2 is 1.88 bits per heavy atom. The molecule has 2 aromatic rings. The highest BCUT2D eigenvalue weighted by molar-refractivity contribution is 6.32. The Bertz CT molecular complexity index is 815. The first-order valence-corrected chi connectivity index (χ1v) is 7.31. The Morgan fingerprint density at radius 1 is 1.12 bits per heavy atom. The van der Waals surface area contributed by atoms with E-state index in [9.17, 15) is 17.6 Å². The Balaban J connectivity index is 1.93. The minimum absolute atomic E-state index is 0.0130. The number of hydrogen-bond acceptors (Lipinski definition) is 2. The number of rotatable bonds is 2. The van der Waals surface area contributed by atoms with E-state index in [1.54, 1.807) is 6.92 Å². The van der Waals surface area contributed by atoms with Crippen LogP contribution < -0.4 is 9.47 Å². The maximum atomic E-state index is 13.1. The molecule has 1 aliphatic rings. The van der Waals surface area contributed by atoms with Crippen LogP contribution in [0, 0.1) is 12.7 Å². The molecule has 2 nitrogen and oxygen atoms in total. The van der Waals surface area contributed by atoms with Crippen LogP contribution in [0.1, 0.15) is 11.1 Å². The molecule has 0 bridgehead atoms. The molecule has 126 valence electrons. The number of aryl methyl sites for hydroxylation is 1. The zero-order valence-corrected chi connectivity index (χ0v) is 13.1. The van der Waals surface area contributed by atoms with E-state index in [4.69, 9.17) is 21.1 Å². The molecule has 1 atom stereocenters. The number of ether oxygens (including phenoxy) is 2. The van der Waals surface area contributed by atoms with E-state index >= 15 is 0 Å². The summed E-state index contributed by atoms with van der Waals surface area (Å²) < 4.78 is 62.0. The van der Waals surface area contributed by atoms with Crippen LogP contribution in [0.25, 0.3) is 6.08 Å². The summed E-state index contributed by atoms with van der Waals surface area (Å²) in [4.78, 5) is 0. The number of alkyl halides is 3. The monoisotopic (exact) mass is 358 g/mol. The van der Waals surface area contributed by atoms with Crippen molar-refractivity contribution in [2.75, 3.05) is 0 Å². The van der Waals surface area contributed by atoms with Crippen molar-refractivity contribution in [1.82, 2.24) is 0 Å². The molecule has 1 aliphatic heterocycles. The molecule has 0 saturated heterocycles. The van der Waals surface area contributed by atoms with E-state index in [0.717, 1.165) is 6.08 Å². The lowest BCUT2D eigenvalue weighted by molar-refractivity contribution is -0.180.